The number of hydrogen-bond acceptors (Lipinski definition) is 7. The number of azo groups is 1. The summed E-state index contributed by atoms with van der Waals surface area (Å²) in [5.41, 5.74) is 6.88. The summed E-state index contributed by atoms with van der Waals surface area (Å²) in [5.74, 6) is 1.22. The summed E-state index contributed by atoms with van der Waals surface area (Å²) in [4.78, 5) is 3.61. The van der Waals surface area contributed by atoms with Crippen LogP contribution in [-0.4, -0.2) is 38.5 Å². The Morgan fingerprint density at radius 1 is 1.10 bits per heavy atom. The summed E-state index contributed by atoms with van der Waals surface area (Å²) in [6.07, 6.45) is -0.179. The third-order valence-electron chi connectivity index (χ3n) is 4.62. The summed E-state index contributed by atoms with van der Waals surface area (Å²) in [5, 5.41) is 23.9. The quantitative estimate of drug-likeness (QED) is 0.618. The largest absolute Gasteiger partial charge is 0.281 e. The van der Waals surface area contributed by atoms with Gasteiger partial charge in [0.25, 0.3) is 5.69 Å². The van der Waals surface area contributed by atoms with E-state index in [1.807, 2.05) is 58.9 Å². The Labute approximate surface area is 170 Å². The maximum atomic E-state index is 7.51. The Kier molecular flexibility index (Phi) is 5.73. The first-order chi connectivity index (χ1) is 14.0. The number of aromatic nitrogens is 2. The summed E-state index contributed by atoms with van der Waals surface area (Å²) < 4.78 is 1.66. The van der Waals surface area contributed by atoms with Crippen molar-refractivity contribution in [2.45, 2.75) is 53.8 Å². The van der Waals surface area contributed by atoms with Crippen LogP contribution in [0.3, 0.4) is 0 Å². The number of fused-ring (bicyclic) bond motifs is 1. The molecular weight excluding hydrogens is 366 g/mol. The molecule has 4 rings (SSSR count). The smallest absolute Gasteiger partial charge is 0.255 e. The van der Waals surface area contributed by atoms with Crippen molar-refractivity contribution in [2.75, 3.05) is 0 Å². The van der Waals surface area contributed by atoms with Gasteiger partial charge >= 0.3 is 0 Å². The van der Waals surface area contributed by atoms with E-state index in [0.717, 1.165) is 22.8 Å². The van der Waals surface area contributed by atoms with Crippen LogP contribution in [-0.2, 0) is 0 Å². The second-order valence-corrected chi connectivity index (χ2v) is 6.60. The van der Waals surface area contributed by atoms with Crippen LogP contribution in [0.4, 0.5) is 11.5 Å². The predicted molar refractivity (Wildman–Crippen MR) is 114 cm³/mol. The molecule has 0 radical (unpaired) electrons. The lowest BCUT2D eigenvalue weighted by molar-refractivity contribution is 0.325. The summed E-state index contributed by atoms with van der Waals surface area (Å²) in [6, 6.07) is 7.62. The van der Waals surface area contributed by atoms with Crippen LogP contribution >= 0.6 is 0 Å². The molecule has 0 fully saturated rings. The third-order valence-corrected chi connectivity index (χ3v) is 4.62. The number of hydrazone groups is 2. The van der Waals surface area contributed by atoms with Crippen molar-refractivity contribution >= 4 is 23.1 Å². The molecule has 2 aliphatic rings. The van der Waals surface area contributed by atoms with E-state index in [4.69, 9.17) is 6.57 Å². The molecule has 0 amide bonds. The van der Waals surface area contributed by atoms with Crippen molar-refractivity contribution in [2.24, 2.45) is 20.4 Å². The minimum atomic E-state index is -0.286. The van der Waals surface area contributed by atoms with Crippen LogP contribution in [0.2, 0.25) is 0 Å². The van der Waals surface area contributed by atoms with Crippen LogP contribution in [0, 0.1) is 20.4 Å². The molecule has 2 aromatic rings. The van der Waals surface area contributed by atoms with E-state index in [9.17, 15) is 0 Å². The van der Waals surface area contributed by atoms with Crippen molar-refractivity contribution in [3.05, 3.63) is 46.9 Å². The second-order valence-electron chi connectivity index (χ2n) is 6.60. The molecule has 2 aliphatic heterocycles. The molecule has 1 aromatic carbocycles. The van der Waals surface area contributed by atoms with Gasteiger partial charge in [-0.2, -0.15) is 20.4 Å². The molecule has 1 aromatic heterocycles. The molecule has 9 nitrogen and oxygen atoms in total. The Morgan fingerprint density at radius 2 is 1.79 bits per heavy atom. The van der Waals surface area contributed by atoms with Crippen molar-refractivity contribution in [1.82, 2.24) is 20.2 Å². The fourth-order valence-electron chi connectivity index (χ4n) is 3.12. The molecule has 0 saturated carbocycles. The zero-order chi connectivity index (χ0) is 21.1. The standard InChI is InChI=1S/C18H19N9.C2H6/c1-10-6-8-14(9-7-10)27-17(15(19-5)11(2)25-27)23-21-16-12(3)24-26-13(4)20-22-18(16)26;1-2/h6-9,16,18,22H,1-4H3;1-2H3. The highest BCUT2D eigenvalue weighted by atomic mass is 15.7. The van der Waals surface area contributed by atoms with Crippen LogP contribution in [0.5, 0.6) is 0 Å². The Bertz CT molecular complexity index is 1020. The lowest BCUT2D eigenvalue weighted by Crippen LogP contribution is -2.40. The van der Waals surface area contributed by atoms with E-state index in [-0.39, 0.29) is 12.2 Å². The van der Waals surface area contributed by atoms with Gasteiger partial charge in [-0.3, -0.25) is 5.43 Å². The molecule has 0 saturated heterocycles. The van der Waals surface area contributed by atoms with Gasteiger partial charge in [0.15, 0.2) is 18.0 Å². The third kappa shape index (κ3) is 3.61. The Hall–Kier alpha value is -3.54. The van der Waals surface area contributed by atoms with E-state index in [2.05, 4.69) is 35.8 Å². The highest BCUT2D eigenvalue weighted by Gasteiger charge is 2.40. The number of amidine groups is 1. The Balaban J connectivity index is 0.00000117. The van der Waals surface area contributed by atoms with E-state index >= 15 is 0 Å². The number of nitrogens with zero attached hydrogens (tertiary/aromatic N) is 8. The molecule has 0 spiro atoms. The van der Waals surface area contributed by atoms with Gasteiger partial charge in [0.2, 0.25) is 0 Å². The summed E-state index contributed by atoms with van der Waals surface area (Å²) >= 11 is 0. The first-order valence-corrected chi connectivity index (χ1v) is 9.58. The van der Waals surface area contributed by atoms with Gasteiger partial charge in [0.05, 0.1) is 23.7 Å². The SMILES string of the molecule is CC.[C-]#[N+]c1c(C)nn(-c2ccc(C)cc2)c1N=NC1C(C)=NN2C(C)=NNC12. The minimum absolute atomic E-state index is 0.179. The van der Waals surface area contributed by atoms with Crippen LogP contribution in [0.15, 0.2) is 44.7 Å². The summed E-state index contributed by atoms with van der Waals surface area (Å²) in [7, 11) is 0. The average Bonchev–Trinajstić information content (AvgIpc) is 3.35. The van der Waals surface area contributed by atoms with E-state index in [1.165, 1.54) is 0 Å². The van der Waals surface area contributed by atoms with Gasteiger partial charge in [0.1, 0.15) is 5.84 Å². The second kappa shape index (κ2) is 8.22. The predicted octanol–water partition coefficient (Wildman–Crippen LogP) is 4.47. The molecule has 0 bridgehead atoms. The molecule has 2 atom stereocenters. The fraction of sp³-hybridized carbons (Fsp3) is 0.400. The maximum Gasteiger partial charge on any atom is 0.255 e. The molecule has 0 aliphatic carbocycles. The number of hydrogen-bond donors (Lipinski definition) is 1. The van der Waals surface area contributed by atoms with Crippen LogP contribution < -0.4 is 5.43 Å². The molecule has 150 valence electrons. The minimum Gasteiger partial charge on any atom is -0.281 e. The lowest BCUT2D eigenvalue weighted by atomic mass is 10.2. The fourth-order valence-corrected chi connectivity index (χ4v) is 3.12. The molecule has 2 unspecified atom stereocenters. The normalized spacial score (nSPS) is 19.8. The Morgan fingerprint density at radius 3 is 2.45 bits per heavy atom. The average molecular weight is 391 g/mol. The van der Waals surface area contributed by atoms with Crippen molar-refractivity contribution < 1.29 is 0 Å². The van der Waals surface area contributed by atoms with Gasteiger partial charge in [-0.15, -0.1) is 5.11 Å². The zero-order valence-corrected chi connectivity index (χ0v) is 17.5. The number of benzene rings is 1. The van der Waals surface area contributed by atoms with E-state index in [0.29, 0.717) is 17.2 Å². The molecule has 3 heterocycles. The molecule has 9 heteroatoms. The van der Waals surface area contributed by atoms with Crippen molar-refractivity contribution in [3.8, 4) is 5.69 Å². The molecule has 29 heavy (non-hydrogen) atoms. The van der Waals surface area contributed by atoms with Gasteiger partial charge in [-0.25, -0.2) is 14.5 Å². The van der Waals surface area contributed by atoms with Gasteiger partial charge in [-0.1, -0.05) is 31.5 Å². The molecular formula is C20H25N9. The van der Waals surface area contributed by atoms with Crippen molar-refractivity contribution in [3.63, 3.8) is 0 Å². The number of aryl methyl sites for hydroxylation is 2. The monoisotopic (exact) mass is 391 g/mol. The zero-order valence-electron chi connectivity index (χ0n) is 17.5. The van der Waals surface area contributed by atoms with Gasteiger partial charge in [0, 0.05) is 0 Å². The van der Waals surface area contributed by atoms with E-state index in [1.54, 1.807) is 16.6 Å². The molecule has 1 N–H and O–H groups in total. The van der Waals surface area contributed by atoms with Gasteiger partial charge in [-0.05, 0) is 39.8 Å². The van der Waals surface area contributed by atoms with Gasteiger partial charge < -0.3 is 0 Å². The first kappa shape index (κ1) is 20.2. The van der Waals surface area contributed by atoms with Crippen LogP contribution in [0.25, 0.3) is 10.5 Å². The first-order valence-electron chi connectivity index (χ1n) is 9.58. The van der Waals surface area contributed by atoms with Crippen molar-refractivity contribution in [1.29, 1.82) is 0 Å². The lowest BCUT2D eigenvalue weighted by Gasteiger charge is -2.16. The maximum absolute atomic E-state index is 7.51. The highest BCUT2D eigenvalue weighted by Crippen LogP contribution is 2.35. The highest BCUT2D eigenvalue weighted by molar-refractivity contribution is 5.94. The van der Waals surface area contributed by atoms with Crippen LogP contribution in [0.1, 0.15) is 39.0 Å². The number of nitrogens with one attached hydrogen (secondary N) is 1. The number of rotatable bonds is 3. The summed E-state index contributed by atoms with van der Waals surface area (Å²) in [6.45, 7) is 19.1. The topological polar surface area (TPSA) is 86.9 Å². The van der Waals surface area contributed by atoms with E-state index < -0.39 is 0 Å².